The van der Waals surface area contributed by atoms with E-state index in [0.717, 1.165) is 67.1 Å². The fourth-order valence-corrected chi connectivity index (χ4v) is 7.06. The Hall–Kier alpha value is -7.70. The summed E-state index contributed by atoms with van der Waals surface area (Å²) in [7, 11) is 0. The fourth-order valence-electron chi connectivity index (χ4n) is 7.06. The van der Waals surface area contributed by atoms with Crippen LogP contribution in [0, 0.1) is 0 Å². The van der Waals surface area contributed by atoms with Crippen LogP contribution in [-0.4, -0.2) is 29.9 Å². The van der Waals surface area contributed by atoms with Gasteiger partial charge in [0.25, 0.3) is 0 Å². The summed E-state index contributed by atoms with van der Waals surface area (Å²) in [5.74, 6) is 1.85. The predicted molar refractivity (Wildman–Crippen MR) is 226 cm³/mol. The summed E-state index contributed by atoms with van der Waals surface area (Å²) < 4.78 is 0. The van der Waals surface area contributed by atoms with Gasteiger partial charge in [-0.05, 0) is 63.4 Å². The van der Waals surface area contributed by atoms with E-state index < -0.39 is 0 Å². The maximum absolute atomic E-state index is 5.13. The van der Waals surface area contributed by atoms with Crippen molar-refractivity contribution in [3.8, 4) is 79.1 Å². The monoisotopic (exact) mass is 716 g/mol. The lowest BCUT2D eigenvalue weighted by Gasteiger charge is -2.11. The zero-order valence-electron chi connectivity index (χ0n) is 30.2. The van der Waals surface area contributed by atoms with E-state index in [-0.39, 0.29) is 0 Å². The molecule has 3 heterocycles. The lowest BCUT2D eigenvalue weighted by atomic mass is 10.00. The zero-order chi connectivity index (χ0) is 37.3. The normalized spacial score (nSPS) is 11.2. The van der Waals surface area contributed by atoms with E-state index in [2.05, 4.69) is 120 Å². The zero-order valence-corrected chi connectivity index (χ0v) is 30.2. The van der Waals surface area contributed by atoms with Crippen molar-refractivity contribution in [3.63, 3.8) is 0 Å². The minimum Gasteiger partial charge on any atom is -0.255 e. The van der Waals surface area contributed by atoms with Crippen LogP contribution in [0.5, 0.6) is 0 Å². The molecule has 262 valence electrons. The summed E-state index contributed by atoms with van der Waals surface area (Å²) in [4.78, 5) is 29.8. The summed E-state index contributed by atoms with van der Waals surface area (Å²) in [5, 5.41) is 2.45. The molecule has 0 fully saturated rings. The SMILES string of the molecule is c1ccc(-c2nc(-c3ccc(-c4ccc5ccccc5c4)cc3)nc(-c3ccc(-c4ccc5nc(-c6ccccc6)c(-c6ccccn6)nc5c4)cc3)n2)cc1. The molecule has 0 atom stereocenters. The van der Waals surface area contributed by atoms with Gasteiger partial charge < -0.3 is 0 Å². The number of pyridine rings is 1. The van der Waals surface area contributed by atoms with Crippen LogP contribution >= 0.6 is 0 Å². The molecule has 3 aromatic heterocycles. The average Bonchev–Trinajstić information content (AvgIpc) is 3.29. The van der Waals surface area contributed by atoms with Crippen molar-refractivity contribution in [1.29, 1.82) is 0 Å². The first kappa shape index (κ1) is 32.9. The second kappa shape index (κ2) is 14.3. The number of rotatable bonds is 7. The molecule has 0 spiro atoms. The van der Waals surface area contributed by atoms with E-state index in [1.165, 1.54) is 16.3 Å². The largest absolute Gasteiger partial charge is 0.255 e. The van der Waals surface area contributed by atoms with Gasteiger partial charge in [-0.3, -0.25) is 4.98 Å². The standard InChI is InChI=1S/C50H32N6/c1-3-12-36(13-4-1)46-47(44-17-9-10-30-51-44)53-45-32-42(28-29-43(45)52-46)35-20-25-39(26-21-35)50-55-48(37-14-5-2-6-15-37)54-49(56-50)38-23-18-34(19-24-38)41-27-22-33-11-7-8-16-40(33)31-41/h1-32H. The highest BCUT2D eigenvalue weighted by molar-refractivity contribution is 5.89. The highest BCUT2D eigenvalue weighted by Crippen LogP contribution is 2.33. The highest BCUT2D eigenvalue weighted by Gasteiger charge is 2.16. The maximum Gasteiger partial charge on any atom is 0.164 e. The Kier molecular flexibility index (Phi) is 8.39. The van der Waals surface area contributed by atoms with Crippen LogP contribution in [0.2, 0.25) is 0 Å². The summed E-state index contributed by atoms with van der Waals surface area (Å²) in [6, 6.07) is 64.1. The van der Waals surface area contributed by atoms with Crippen LogP contribution in [0.15, 0.2) is 194 Å². The Morgan fingerprint density at radius 3 is 1.38 bits per heavy atom. The van der Waals surface area contributed by atoms with Gasteiger partial charge in [0.2, 0.25) is 0 Å². The van der Waals surface area contributed by atoms with Crippen molar-refractivity contribution in [2.75, 3.05) is 0 Å². The number of hydrogen-bond donors (Lipinski definition) is 0. The van der Waals surface area contributed by atoms with Gasteiger partial charge in [-0.1, -0.05) is 158 Å². The molecule has 0 saturated carbocycles. The van der Waals surface area contributed by atoms with Gasteiger partial charge in [0.15, 0.2) is 17.5 Å². The molecule has 0 bridgehead atoms. The molecule has 0 aliphatic rings. The van der Waals surface area contributed by atoms with Gasteiger partial charge in [0, 0.05) is 28.5 Å². The molecule has 0 aliphatic heterocycles. The van der Waals surface area contributed by atoms with Crippen molar-refractivity contribution < 1.29 is 0 Å². The van der Waals surface area contributed by atoms with E-state index >= 15 is 0 Å². The van der Waals surface area contributed by atoms with Crippen molar-refractivity contribution in [1.82, 2.24) is 29.9 Å². The average molecular weight is 717 g/mol. The van der Waals surface area contributed by atoms with Gasteiger partial charge >= 0.3 is 0 Å². The molecule has 6 nitrogen and oxygen atoms in total. The summed E-state index contributed by atoms with van der Waals surface area (Å²) in [5.41, 5.74) is 12.1. The highest BCUT2D eigenvalue weighted by atomic mass is 15.0. The van der Waals surface area contributed by atoms with Gasteiger partial charge in [-0.25, -0.2) is 24.9 Å². The predicted octanol–water partition coefficient (Wildman–Crippen LogP) is 12.0. The Morgan fingerprint density at radius 1 is 0.268 bits per heavy atom. The molecular weight excluding hydrogens is 685 g/mol. The molecular formula is C50H32N6. The van der Waals surface area contributed by atoms with Gasteiger partial charge in [0.1, 0.15) is 5.69 Å². The van der Waals surface area contributed by atoms with E-state index in [1.807, 2.05) is 72.8 Å². The number of nitrogens with zero attached hydrogens (tertiary/aromatic N) is 6. The molecule has 0 amide bonds. The van der Waals surface area contributed by atoms with Crippen molar-refractivity contribution >= 4 is 21.8 Å². The molecule has 0 unspecified atom stereocenters. The number of aromatic nitrogens is 6. The van der Waals surface area contributed by atoms with E-state index in [4.69, 9.17) is 24.9 Å². The van der Waals surface area contributed by atoms with Gasteiger partial charge in [0.05, 0.1) is 22.4 Å². The molecule has 56 heavy (non-hydrogen) atoms. The quantitative estimate of drug-likeness (QED) is 0.163. The minimum absolute atomic E-state index is 0.608. The molecule has 6 heteroatoms. The molecule has 7 aromatic carbocycles. The molecule has 0 aliphatic carbocycles. The van der Waals surface area contributed by atoms with Crippen LogP contribution in [0.4, 0.5) is 0 Å². The minimum atomic E-state index is 0.608. The molecule has 0 radical (unpaired) electrons. The Labute approximate surface area is 324 Å². The van der Waals surface area contributed by atoms with Crippen molar-refractivity contribution in [2.24, 2.45) is 0 Å². The second-order valence-corrected chi connectivity index (χ2v) is 13.6. The molecule has 0 N–H and O–H groups in total. The second-order valence-electron chi connectivity index (χ2n) is 13.6. The Morgan fingerprint density at radius 2 is 0.750 bits per heavy atom. The first-order valence-electron chi connectivity index (χ1n) is 18.5. The van der Waals surface area contributed by atoms with E-state index in [9.17, 15) is 0 Å². The van der Waals surface area contributed by atoms with Gasteiger partial charge in [-0.15, -0.1) is 0 Å². The molecule has 10 aromatic rings. The lowest BCUT2D eigenvalue weighted by Crippen LogP contribution is -2.00. The van der Waals surface area contributed by atoms with Crippen LogP contribution in [-0.2, 0) is 0 Å². The summed E-state index contributed by atoms with van der Waals surface area (Å²) in [6.07, 6.45) is 1.79. The third kappa shape index (κ3) is 6.46. The first-order chi connectivity index (χ1) is 27.7. The fraction of sp³-hybridized carbons (Fsp3) is 0. The Balaban J connectivity index is 0.996. The van der Waals surface area contributed by atoms with Crippen LogP contribution in [0.3, 0.4) is 0 Å². The molecule has 0 saturated heterocycles. The third-order valence-electron chi connectivity index (χ3n) is 9.99. The number of benzene rings is 7. The summed E-state index contributed by atoms with van der Waals surface area (Å²) >= 11 is 0. The van der Waals surface area contributed by atoms with Crippen LogP contribution in [0.1, 0.15) is 0 Å². The van der Waals surface area contributed by atoms with E-state index in [0.29, 0.717) is 17.5 Å². The number of hydrogen-bond acceptors (Lipinski definition) is 6. The lowest BCUT2D eigenvalue weighted by molar-refractivity contribution is 1.07. The Bertz CT molecular complexity index is 2990. The third-order valence-corrected chi connectivity index (χ3v) is 9.99. The van der Waals surface area contributed by atoms with Gasteiger partial charge in [-0.2, -0.15) is 0 Å². The first-order valence-corrected chi connectivity index (χ1v) is 18.5. The summed E-state index contributed by atoms with van der Waals surface area (Å²) in [6.45, 7) is 0. The van der Waals surface area contributed by atoms with E-state index in [1.54, 1.807) is 6.20 Å². The maximum atomic E-state index is 5.13. The number of fused-ring (bicyclic) bond motifs is 2. The smallest absolute Gasteiger partial charge is 0.164 e. The molecule has 10 rings (SSSR count). The van der Waals surface area contributed by atoms with Crippen LogP contribution in [0.25, 0.3) is 101 Å². The topological polar surface area (TPSA) is 77.3 Å². The van der Waals surface area contributed by atoms with Crippen molar-refractivity contribution in [2.45, 2.75) is 0 Å². The van der Waals surface area contributed by atoms with Crippen molar-refractivity contribution in [3.05, 3.63) is 194 Å². The van der Waals surface area contributed by atoms with Crippen LogP contribution < -0.4 is 0 Å².